The lowest BCUT2D eigenvalue weighted by atomic mass is 10.1. The molecule has 0 radical (unpaired) electrons. The van der Waals surface area contributed by atoms with Gasteiger partial charge >= 0.3 is 0 Å². The van der Waals surface area contributed by atoms with E-state index >= 15 is 0 Å². The van der Waals surface area contributed by atoms with Gasteiger partial charge in [0.2, 0.25) is 5.91 Å². The summed E-state index contributed by atoms with van der Waals surface area (Å²) in [5.41, 5.74) is 3.70. The lowest BCUT2D eigenvalue weighted by Crippen LogP contribution is -2.34. The number of hydrogen-bond donors (Lipinski definition) is 1. The van der Waals surface area contributed by atoms with Crippen molar-refractivity contribution in [1.82, 2.24) is 10.2 Å². The summed E-state index contributed by atoms with van der Waals surface area (Å²) >= 11 is 0. The second-order valence-corrected chi connectivity index (χ2v) is 5.24. The Hall–Kier alpha value is -1.55. The van der Waals surface area contributed by atoms with Crippen molar-refractivity contribution < 1.29 is 4.79 Å². The number of anilines is 1. The highest BCUT2D eigenvalue weighted by molar-refractivity contribution is 5.82. The molecular formula is C15H23N3O. The number of nitrogens with one attached hydrogen (secondary N) is 1. The van der Waals surface area contributed by atoms with Gasteiger partial charge in [-0.3, -0.25) is 4.79 Å². The number of rotatable bonds is 3. The van der Waals surface area contributed by atoms with Crippen molar-refractivity contribution in [2.75, 3.05) is 38.6 Å². The lowest BCUT2D eigenvalue weighted by Gasteiger charge is -2.24. The van der Waals surface area contributed by atoms with E-state index < -0.39 is 0 Å². The monoisotopic (exact) mass is 261 g/mol. The highest BCUT2D eigenvalue weighted by Gasteiger charge is 2.20. The molecule has 0 spiro atoms. The summed E-state index contributed by atoms with van der Waals surface area (Å²) < 4.78 is 0. The molecule has 1 heterocycles. The molecule has 0 aromatic heterocycles. The molecule has 1 aromatic rings. The Labute approximate surface area is 115 Å². The zero-order valence-corrected chi connectivity index (χ0v) is 12.1. The normalized spacial score (nSPS) is 16.7. The van der Waals surface area contributed by atoms with Crippen LogP contribution in [0.1, 0.15) is 17.5 Å². The first-order valence-corrected chi connectivity index (χ1v) is 6.85. The Bertz CT molecular complexity index is 459. The van der Waals surface area contributed by atoms with Crippen LogP contribution >= 0.6 is 0 Å². The average molecular weight is 261 g/mol. The number of hydrogen-bond acceptors (Lipinski definition) is 3. The molecule has 1 aliphatic rings. The fourth-order valence-corrected chi connectivity index (χ4v) is 2.58. The third kappa shape index (κ3) is 3.26. The molecule has 0 unspecified atom stereocenters. The van der Waals surface area contributed by atoms with E-state index in [-0.39, 0.29) is 5.91 Å². The largest absolute Gasteiger partial charge is 0.362 e. The summed E-state index contributed by atoms with van der Waals surface area (Å²) in [7, 11) is 3.83. The Morgan fingerprint density at radius 3 is 2.79 bits per heavy atom. The fraction of sp³-hybridized carbons (Fsp3) is 0.533. The predicted octanol–water partition coefficient (Wildman–Crippen LogP) is 1.38. The first kappa shape index (κ1) is 13.9. The van der Waals surface area contributed by atoms with Gasteiger partial charge in [-0.15, -0.1) is 0 Å². The van der Waals surface area contributed by atoms with Gasteiger partial charge in [-0.05, 0) is 37.6 Å². The first-order valence-electron chi connectivity index (χ1n) is 6.85. The number of carbonyl (C=O) groups is 1. The van der Waals surface area contributed by atoms with Crippen LogP contribution in [0.4, 0.5) is 5.69 Å². The van der Waals surface area contributed by atoms with E-state index in [1.807, 2.05) is 19.0 Å². The van der Waals surface area contributed by atoms with E-state index in [4.69, 9.17) is 0 Å². The van der Waals surface area contributed by atoms with Gasteiger partial charge in [-0.2, -0.15) is 0 Å². The molecule has 0 atom stereocenters. The second-order valence-electron chi connectivity index (χ2n) is 5.24. The van der Waals surface area contributed by atoms with Crippen LogP contribution in [0.5, 0.6) is 0 Å². The van der Waals surface area contributed by atoms with Gasteiger partial charge in [-0.1, -0.05) is 12.1 Å². The zero-order valence-electron chi connectivity index (χ0n) is 12.1. The third-order valence-electron chi connectivity index (χ3n) is 3.66. The molecule has 4 heteroatoms. The Morgan fingerprint density at radius 2 is 2.11 bits per heavy atom. The number of benzene rings is 1. The van der Waals surface area contributed by atoms with E-state index in [0.717, 1.165) is 26.1 Å². The summed E-state index contributed by atoms with van der Waals surface area (Å²) in [5.74, 6) is 0.205. The van der Waals surface area contributed by atoms with Crippen LogP contribution < -0.4 is 10.2 Å². The lowest BCUT2D eigenvalue weighted by molar-refractivity contribution is -0.127. The summed E-state index contributed by atoms with van der Waals surface area (Å²) in [6.07, 6.45) is 1.03. The molecule has 1 saturated heterocycles. The minimum absolute atomic E-state index is 0.205. The molecule has 19 heavy (non-hydrogen) atoms. The Balaban J connectivity index is 2.19. The molecule has 0 aliphatic carbocycles. The van der Waals surface area contributed by atoms with Crippen LogP contribution in [0, 0.1) is 6.92 Å². The van der Waals surface area contributed by atoms with Gasteiger partial charge < -0.3 is 15.1 Å². The summed E-state index contributed by atoms with van der Waals surface area (Å²) in [6, 6.07) is 6.48. The fourth-order valence-electron chi connectivity index (χ4n) is 2.58. The van der Waals surface area contributed by atoms with Crippen LogP contribution in [0.25, 0.3) is 0 Å². The van der Waals surface area contributed by atoms with E-state index in [9.17, 15) is 4.79 Å². The molecule has 1 aromatic carbocycles. The number of likely N-dealkylation sites (N-methyl/N-ethyl adjacent to an activating group) is 1. The van der Waals surface area contributed by atoms with Crippen molar-refractivity contribution in [3.05, 3.63) is 29.3 Å². The maximum absolute atomic E-state index is 12.0. The minimum atomic E-state index is 0.205. The smallest absolute Gasteiger partial charge is 0.241 e. The second kappa shape index (κ2) is 6.06. The van der Waals surface area contributed by atoms with Gasteiger partial charge in [0.1, 0.15) is 0 Å². The van der Waals surface area contributed by atoms with Crippen LogP contribution in [0.3, 0.4) is 0 Å². The van der Waals surface area contributed by atoms with Gasteiger partial charge in [0.05, 0.1) is 6.54 Å². The Morgan fingerprint density at radius 1 is 1.32 bits per heavy atom. The summed E-state index contributed by atoms with van der Waals surface area (Å²) in [4.78, 5) is 16.0. The molecule has 1 N–H and O–H groups in total. The van der Waals surface area contributed by atoms with E-state index in [1.165, 1.54) is 16.8 Å². The van der Waals surface area contributed by atoms with Crippen LogP contribution in [0.2, 0.25) is 0 Å². The van der Waals surface area contributed by atoms with Crippen LogP contribution in [0.15, 0.2) is 18.2 Å². The van der Waals surface area contributed by atoms with Gasteiger partial charge in [-0.25, -0.2) is 0 Å². The number of nitrogens with zero attached hydrogens (tertiary/aromatic N) is 2. The first-order chi connectivity index (χ1) is 9.11. The quantitative estimate of drug-likeness (QED) is 0.893. The molecular weight excluding hydrogens is 238 g/mol. The highest BCUT2D eigenvalue weighted by atomic mass is 16.2. The van der Waals surface area contributed by atoms with Crippen molar-refractivity contribution in [2.24, 2.45) is 0 Å². The van der Waals surface area contributed by atoms with Crippen LogP contribution in [-0.2, 0) is 11.3 Å². The molecule has 1 aliphatic heterocycles. The summed E-state index contributed by atoms with van der Waals surface area (Å²) in [5, 5.41) is 3.16. The van der Waals surface area contributed by atoms with Crippen molar-refractivity contribution in [1.29, 1.82) is 0 Å². The molecule has 4 nitrogen and oxygen atoms in total. The van der Waals surface area contributed by atoms with Gasteiger partial charge in [0.25, 0.3) is 0 Å². The van der Waals surface area contributed by atoms with Crippen LogP contribution in [-0.4, -0.2) is 44.5 Å². The molecule has 0 bridgehead atoms. The van der Waals surface area contributed by atoms with E-state index in [0.29, 0.717) is 6.54 Å². The molecule has 2 rings (SSSR count). The number of aryl methyl sites for hydroxylation is 1. The van der Waals surface area contributed by atoms with Gasteiger partial charge in [0.15, 0.2) is 0 Å². The standard InChI is InChI=1S/C15H23N3O/c1-12-9-13(10-16-2)5-6-14(12)18-8-4-7-17(3)15(19)11-18/h5-6,9,16H,4,7-8,10-11H2,1-3H3. The number of amides is 1. The third-order valence-corrected chi connectivity index (χ3v) is 3.66. The average Bonchev–Trinajstić information content (AvgIpc) is 2.53. The SMILES string of the molecule is CNCc1ccc(N2CCCN(C)C(=O)C2)c(C)c1. The summed E-state index contributed by atoms with van der Waals surface area (Å²) in [6.45, 7) is 5.29. The molecule has 104 valence electrons. The number of carbonyl (C=O) groups excluding carboxylic acids is 1. The zero-order chi connectivity index (χ0) is 13.8. The van der Waals surface area contributed by atoms with Crippen molar-refractivity contribution in [3.63, 3.8) is 0 Å². The topological polar surface area (TPSA) is 35.6 Å². The van der Waals surface area contributed by atoms with Gasteiger partial charge in [0, 0.05) is 32.4 Å². The van der Waals surface area contributed by atoms with E-state index in [2.05, 4.69) is 35.3 Å². The van der Waals surface area contributed by atoms with Crippen molar-refractivity contribution in [3.8, 4) is 0 Å². The maximum atomic E-state index is 12.0. The van der Waals surface area contributed by atoms with Crippen molar-refractivity contribution in [2.45, 2.75) is 19.9 Å². The molecule has 1 amide bonds. The minimum Gasteiger partial charge on any atom is -0.362 e. The predicted molar refractivity (Wildman–Crippen MR) is 78.4 cm³/mol. The van der Waals surface area contributed by atoms with E-state index in [1.54, 1.807) is 0 Å². The highest BCUT2D eigenvalue weighted by Crippen LogP contribution is 2.22. The maximum Gasteiger partial charge on any atom is 0.241 e. The Kier molecular flexibility index (Phi) is 4.43. The molecule has 0 saturated carbocycles. The molecule has 1 fully saturated rings. The van der Waals surface area contributed by atoms with Crippen molar-refractivity contribution >= 4 is 11.6 Å².